The number of aliphatic hydroxyl groups is 1. The van der Waals surface area contributed by atoms with Crippen molar-refractivity contribution >= 4 is 35.0 Å². The lowest BCUT2D eigenvalue weighted by atomic mass is 9.81. The van der Waals surface area contributed by atoms with Crippen LogP contribution in [0.5, 0.6) is 23.0 Å². The van der Waals surface area contributed by atoms with Gasteiger partial charge in [-0.25, -0.2) is 10.4 Å². The topological polar surface area (TPSA) is 169 Å². The Hall–Kier alpha value is -5.17. The number of hydrogen-bond donors (Lipinski definition) is 3. The zero-order valence-electron chi connectivity index (χ0n) is 28.8. The largest absolute Gasteiger partial charge is 0.496 e. The molecule has 52 heavy (non-hydrogen) atoms. The fraction of sp³-hybridized carbons (Fsp3) is 0.297. The van der Waals surface area contributed by atoms with Crippen LogP contribution in [0.3, 0.4) is 0 Å². The van der Waals surface area contributed by atoms with Crippen molar-refractivity contribution in [1.29, 1.82) is 0 Å². The molecule has 1 aliphatic heterocycles. The van der Waals surface area contributed by atoms with Crippen LogP contribution in [0.2, 0.25) is 10.0 Å². The highest BCUT2D eigenvalue weighted by Crippen LogP contribution is 2.45. The lowest BCUT2D eigenvalue weighted by Crippen LogP contribution is -2.53. The van der Waals surface area contributed by atoms with E-state index in [0.717, 1.165) is 0 Å². The van der Waals surface area contributed by atoms with Crippen molar-refractivity contribution < 1.29 is 33.6 Å². The van der Waals surface area contributed by atoms with Crippen molar-refractivity contribution in [2.24, 2.45) is 10.1 Å². The summed E-state index contributed by atoms with van der Waals surface area (Å²) in [5, 5.41) is 13.6. The molecule has 0 aromatic heterocycles. The molecule has 0 fully saturated rings. The maximum Gasteiger partial charge on any atom is 0.266 e. The number of hydrazine groups is 1. The maximum absolute atomic E-state index is 14.8. The minimum atomic E-state index is -1.66. The predicted molar refractivity (Wildman–Crippen MR) is 197 cm³/mol. The van der Waals surface area contributed by atoms with Gasteiger partial charge in [0.15, 0.2) is 11.6 Å². The molecular weight excluding hydrogens is 711 g/mol. The summed E-state index contributed by atoms with van der Waals surface area (Å²) in [6.45, 7) is 0.530. The van der Waals surface area contributed by atoms with Crippen LogP contribution in [0.4, 0.5) is 0 Å². The van der Waals surface area contributed by atoms with Crippen molar-refractivity contribution in [2.75, 3.05) is 34.5 Å². The molecule has 0 aliphatic carbocycles. The summed E-state index contributed by atoms with van der Waals surface area (Å²) < 4.78 is 28.9. The summed E-state index contributed by atoms with van der Waals surface area (Å²) >= 11 is 13.1. The third-order valence-corrected chi connectivity index (χ3v) is 9.00. The number of benzene rings is 4. The number of hydrogen-bond acceptors (Lipinski definition) is 10. The van der Waals surface area contributed by atoms with Crippen LogP contribution in [0.1, 0.15) is 40.3 Å². The second-order valence-electron chi connectivity index (χ2n) is 11.6. The molecule has 2 atom stereocenters. The SMILES string of the molecule is COc1cc(OC)c(CNNC(=O)[C@@]2(Cc3ccccc3CN=[N+]=[N-])N=C(c3ccc(OCCCO)cc3)O[C@H]2c2ccc(Cl)cc2Cl)c(OC)c1. The maximum atomic E-state index is 14.8. The van der Waals surface area contributed by atoms with Crippen LogP contribution in [0.25, 0.3) is 10.4 Å². The first-order valence-electron chi connectivity index (χ1n) is 16.2. The van der Waals surface area contributed by atoms with E-state index in [2.05, 4.69) is 20.9 Å². The smallest absolute Gasteiger partial charge is 0.266 e. The third kappa shape index (κ3) is 8.64. The van der Waals surface area contributed by atoms with Crippen LogP contribution in [0, 0.1) is 0 Å². The molecular formula is C37H38Cl2N6O7. The molecule has 272 valence electrons. The standard InChI is InChI=1S/C37H38Cl2N6O7/c1-48-28-18-32(49-2)30(33(19-28)50-3)22-41-44-36(47)37(20-24-7-4-5-8-25(24)21-42-45-40)34(29-14-11-26(38)17-31(29)39)52-35(43-37)23-9-12-27(13-10-23)51-16-6-15-46/h4-5,7-14,17-19,34,41,46H,6,15-16,20-22H2,1-3H3,(H,44,47)/t34-,37-/m0/s1. The predicted octanol–water partition coefficient (Wildman–Crippen LogP) is 6.91. The second kappa shape index (κ2) is 17.9. The minimum Gasteiger partial charge on any atom is -0.496 e. The number of carbonyl (C=O) groups excluding carboxylic acids is 1. The van der Waals surface area contributed by atoms with Gasteiger partial charge < -0.3 is 28.8 Å². The Labute approximate surface area is 311 Å². The normalized spacial score (nSPS) is 16.3. The fourth-order valence-electron chi connectivity index (χ4n) is 5.83. The van der Waals surface area contributed by atoms with E-state index in [1.165, 1.54) is 14.2 Å². The van der Waals surface area contributed by atoms with Gasteiger partial charge in [0.2, 0.25) is 5.90 Å². The third-order valence-electron chi connectivity index (χ3n) is 8.44. The van der Waals surface area contributed by atoms with Crippen LogP contribution in [-0.2, 0) is 29.0 Å². The van der Waals surface area contributed by atoms with Crippen LogP contribution in [-0.4, -0.2) is 57.0 Å². The average Bonchev–Trinajstić information content (AvgIpc) is 3.54. The molecule has 0 unspecified atom stereocenters. The van der Waals surface area contributed by atoms with Gasteiger partial charge in [-0.1, -0.05) is 58.6 Å². The fourth-order valence-corrected chi connectivity index (χ4v) is 6.34. The van der Waals surface area contributed by atoms with Crippen LogP contribution in [0.15, 0.2) is 89.0 Å². The van der Waals surface area contributed by atoms with E-state index in [-0.39, 0.29) is 37.0 Å². The second-order valence-corrected chi connectivity index (χ2v) is 12.5. The van der Waals surface area contributed by atoms with Crippen molar-refractivity contribution in [3.8, 4) is 23.0 Å². The number of aliphatic hydroxyl groups excluding tert-OH is 1. The molecule has 13 nitrogen and oxygen atoms in total. The Bertz CT molecular complexity index is 1930. The van der Waals surface area contributed by atoms with Crippen molar-refractivity contribution in [3.63, 3.8) is 0 Å². The number of aliphatic imine (C=N–C) groups is 1. The van der Waals surface area contributed by atoms with Gasteiger partial charge in [-0.3, -0.25) is 10.2 Å². The van der Waals surface area contributed by atoms with Gasteiger partial charge in [0.25, 0.3) is 5.91 Å². The lowest BCUT2D eigenvalue weighted by molar-refractivity contribution is -0.130. The molecule has 1 amide bonds. The average molecular weight is 750 g/mol. The van der Waals surface area contributed by atoms with E-state index in [1.807, 2.05) is 24.3 Å². The van der Waals surface area contributed by atoms with Crippen molar-refractivity contribution in [1.82, 2.24) is 10.9 Å². The van der Waals surface area contributed by atoms with Crippen molar-refractivity contribution in [3.05, 3.63) is 127 Å². The van der Waals surface area contributed by atoms with Gasteiger partial charge >= 0.3 is 0 Å². The molecule has 0 spiro atoms. The molecule has 0 saturated heterocycles. The summed E-state index contributed by atoms with van der Waals surface area (Å²) in [6, 6.07) is 22.8. The quantitative estimate of drug-likeness (QED) is 0.0344. The van der Waals surface area contributed by atoms with Gasteiger partial charge in [-0.2, -0.15) is 0 Å². The number of rotatable bonds is 17. The highest BCUT2D eigenvalue weighted by atomic mass is 35.5. The summed E-state index contributed by atoms with van der Waals surface area (Å²) in [7, 11) is 4.60. The Morgan fingerprint density at radius 2 is 1.69 bits per heavy atom. The Morgan fingerprint density at radius 3 is 2.33 bits per heavy atom. The Balaban J connectivity index is 1.59. The van der Waals surface area contributed by atoms with Gasteiger partial charge in [0.1, 0.15) is 23.0 Å². The van der Waals surface area contributed by atoms with E-state index in [0.29, 0.717) is 68.9 Å². The highest BCUT2D eigenvalue weighted by molar-refractivity contribution is 6.35. The molecule has 1 heterocycles. The van der Waals surface area contributed by atoms with Crippen LogP contribution < -0.4 is 29.8 Å². The molecule has 5 rings (SSSR count). The van der Waals surface area contributed by atoms with Gasteiger partial charge in [0, 0.05) is 64.2 Å². The molecule has 15 heteroatoms. The molecule has 4 aromatic carbocycles. The molecule has 0 radical (unpaired) electrons. The van der Waals surface area contributed by atoms with Gasteiger partial charge in [0.05, 0.1) is 40.0 Å². The van der Waals surface area contributed by atoms with E-state index in [1.54, 1.807) is 61.7 Å². The number of carbonyl (C=O) groups is 1. The Kier molecular flexibility index (Phi) is 13.1. The molecule has 4 aromatic rings. The van der Waals surface area contributed by atoms with E-state index >= 15 is 0 Å². The summed E-state index contributed by atoms with van der Waals surface area (Å²) in [4.78, 5) is 22.8. The molecule has 1 aliphatic rings. The molecule has 0 saturated carbocycles. The van der Waals surface area contributed by atoms with Crippen molar-refractivity contribution in [2.45, 2.75) is 37.6 Å². The summed E-state index contributed by atoms with van der Waals surface area (Å²) in [5.74, 6) is 1.76. The molecule has 0 bridgehead atoms. The van der Waals surface area contributed by atoms with E-state index in [4.69, 9.17) is 62.5 Å². The molecule has 3 N–H and O–H groups in total. The van der Waals surface area contributed by atoms with Crippen LogP contribution >= 0.6 is 23.2 Å². The number of methoxy groups -OCH3 is 3. The zero-order chi connectivity index (χ0) is 37.1. The van der Waals surface area contributed by atoms with E-state index in [9.17, 15) is 4.79 Å². The highest BCUT2D eigenvalue weighted by Gasteiger charge is 2.54. The summed E-state index contributed by atoms with van der Waals surface area (Å²) in [6.07, 6.45) is -0.513. The number of nitrogens with zero attached hydrogens (tertiary/aromatic N) is 4. The first-order valence-corrected chi connectivity index (χ1v) is 17.0. The number of nitrogens with one attached hydrogen (secondary N) is 2. The minimum absolute atomic E-state index is 0.0174. The monoisotopic (exact) mass is 748 g/mol. The first kappa shape index (κ1) is 38.1. The number of azide groups is 1. The number of ether oxygens (including phenoxy) is 5. The van der Waals surface area contributed by atoms with E-state index < -0.39 is 17.6 Å². The number of halogens is 2. The zero-order valence-corrected chi connectivity index (χ0v) is 30.3. The van der Waals surface area contributed by atoms with Gasteiger partial charge in [-0.15, -0.1) is 0 Å². The number of amides is 1. The summed E-state index contributed by atoms with van der Waals surface area (Å²) in [5.41, 5.74) is 16.4. The van der Waals surface area contributed by atoms with Gasteiger partial charge in [-0.05, 0) is 53.1 Å². The Morgan fingerprint density at radius 1 is 0.981 bits per heavy atom. The lowest BCUT2D eigenvalue weighted by Gasteiger charge is -2.32. The first-order chi connectivity index (χ1) is 25.3.